The van der Waals surface area contributed by atoms with Gasteiger partial charge < -0.3 is 20.5 Å². The lowest BCUT2D eigenvalue weighted by atomic mass is 10.2. The van der Waals surface area contributed by atoms with Gasteiger partial charge in [-0.1, -0.05) is 6.07 Å². The minimum absolute atomic E-state index is 0.179. The Bertz CT molecular complexity index is 751. The second-order valence-corrected chi connectivity index (χ2v) is 4.08. The van der Waals surface area contributed by atoms with Crippen LogP contribution < -0.4 is 5.32 Å². The number of para-hydroxylation sites is 1. The van der Waals surface area contributed by atoms with Gasteiger partial charge in [-0.25, -0.2) is 9.97 Å². The van der Waals surface area contributed by atoms with Crippen LogP contribution >= 0.6 is 0 Å². The summed E-state index contributed by atoms with van der Waals surface area (Å²) in [6, 6.07) is 8.41. The standard InChI is InChI=1S/C13H12N4O2/c1-14-10-6-5-8-13(16-10)17-12(15-8)7-3-2-4-9(18)11(7)19/h2-6,18-19H,1H3,(H2,14,15,16,17). The number of benzene rings is 1. The summed E-state index contributed by atoms with van der Waals surface area (Å²) in [4.78, 5) is 11.7. The number of pyridine rings is 1. The number of aromatic amines is 1. The molecule has 0 unspecified atom stereocenters. The van der Waals surface area contributed by atoms with Crippen LogP contribution in [0.3, 0.4) is 0 Å². The molecule has 3 aromatic rings. The SMILES string of the molecule is CNc1ccc2[nH]c(-c3cccc(O)c3O)nc2n1. The van der Waals surface area contributed by atoms with Crippen LogP contribution in [0.1, 0.15) is 0 Å². The van der Waals surface area contributed by atoms with Gasteiger partial charge in [-0.15, -0.1) is 0 Å². The van der Waals surface area contributed by atoms with Crippen molar-refractivity contribution in [1.82, 2.24) is 15.0 Å². The number of nitrogens with one attached hydrogen (secondary N) is 2. The average molecular weight is 256 g/mol. The molecule has 0 atom stereocenters. The normalized spacial score (nSPS) is 10.8. The number of fused-ring (bicyclic) bond motifs is 1. The van der Waals surface area contributed by atoms with E-state index in [9.17, 15) is 10.2 Å². The van der Waals surface area contributed by atoms with Crippen molar-refractivity contribution in [3.05, 3.63) is 30.3 Å². The first-order valence-electron chi connectivity index (χ1n) is 5.75. The van der Waals surface area contributed by atoms with Crippen LogP contribution in [0.15, 0.2) is 30.3 Å². The van der Waals surface area contributed by atoms with Crippen molar-refractivity contribution in [3.63, 3.8) is 0 Å². The number of hydrogen-bond donors (Lipinski definition) is 4. The predicted octanol–water partition coefficient (Wildman–Crippen LogP) is 2.08. The van der Waals surface area contributed by atoms with Crippen molar-refractivity contribution in [2.24, 2.45) is 0 Å². The molecule has 96 valence electrons. The van der Waals surface area contributed by atoms with E-state index in [2.05, 4.69) is 20.3 Å². The van der Waals surface area contributed by atoms with Gasteiger partial charge in [0.05, 0.1) is 11.1 Å². The summed E-state index contributed by atoms with van der Waals surface area (Å²) in [5.74, 6) is 0.798. The van der Waals surface area contributed by atoms with E-state index in [1.807, 2.05) is 12.1 Å². The Kier molecular flexibility index (Phi) is 2.49. The van der Waals surface area contributed by atoms with Gasteiger partial charge >= 0.3 is 0 Å². The summed E-state index contributed by atoms with van der Waals surface area (Å²) in [7, 11) is 1.78. The number of phenols is 2. The lowest BCUT2D eigenvalue weighted by molar-refractivity contribution is 0.405. The first kappa shape index (κ1) is 11.3. The minimum Gasteiger partial charge on any atom is -0.504 e. The molecule has 4 N–H and O–H groups in total. The molecule has 0 aliphatic carbocycles. The van der Waals surface area contributed by atoms with Gasteiger partial charge in [0.1, 0.15) is 11.6 Å². The summed E-state index contributed by atoms with van der Waals surface area (Å²) in [6.07, 6.45) is 0. The molecule has 19 heavy (non-hydrogen) atoms. The van der Waals surface area contributed by atoms with Crippen molar-refractivity contribution in [2.75, 3.05) is 12.4 Å². The van der Waals surface area contributed by atoms with E-state index in [4.69, 9.17) is 0 Å². The minimum atomic E-state index is -0.199. The Balaban J connectivity index is 2.18. The summed E-state index contributed by atoms with van der Waals surface area (Å²) in [6.45, 7) is 0. The smallest absolute Gasteiger partial charge is 0.180 e. The summed E-state index contributed by atoms with van der Waals surface area (Å²) >= 11 is 0. The fourth-order valence-electron chi connectivity index (χ4n) is 1.88. The maximum absolute atomic E-state index is 9.83. The molecular weight excluding hydrogens is 244 g/mol. The van der Waals surface area contributed by atoms with E-state index in [1.54, 1.807) is 19.2 Å². The third kappa shape index (κ3) is 1.83. The molecule has 0 saturated heterocycles. The molecular formula is C13H12N4O2. The first-order chi connectivity index (χ1) is 9.19. The number of aromatic nitrogens is 3. The lowest BCUT2D eigenvalue weighted by Gasteiger charge is -2.02. The molecule has 6 nitrogen and oxygen atoms in total. The fraction of sp³-hybridized carbons (Fsp3) is 0.0769. The Morgan fingerprint density at radius 3 is 2.74 bits per heavy atom. The maximum Gasteiger partial charge on any atom is 0.180 e. The van der Waals surface area contributed by atoms with E-state index < -0.39 is 0 Å². The Hall–Kier alpha value is -2.76. The zero-order valence-electron chi connectivity index (χ0n) is 10.2. The van der Waals surface area contributed by atoms with Crippen LogP contribution in [0, 0.1) is 0 Å². The Labute approximate surface area is 108 Å². The van der Waals surface area contributed by atoms with Crippen molar-refractivity contribution in [2.45, 2.75) is 0 Å². The number of rotatable bonds is 2. The van der Waals surface area contributed by atoms with Crippen LogP contribution in [0.4, 0.5) is 5.82 Å². The molecule has 0 fully saturated rings. The highest BCUT2D eigenvalue weighted by Crippen LogP contribution is 2.35. The molecule has 0 amide bonds. The summed E-state index contributed by atoms with van der Waals surface area (Å²) in [5.41, 5.74) is 1.74. The van der Waals surface area contributed by atoms with E-state index >= 15 is 0 Å². The van der Waals surface area contributed by atoms with Gasteiger partial charge in [0.2, 0.25) is 0 Å². The van der Waals surface area contributed by atoms with E-state index in [1.165, 1.54) is 6.07 Å². The summed E-state index contributed by atoms with van der Waals surface area (Å²) < 4.78 is 0. The molecule has 0 spiro atoms. The van der Waals surface area contributed by atoms with Gasteiger partial charge in [-0.3, -0.25) is 0 Å². The van der Waals surface area contributed by atoms with E-state index in [0.29, 0.717) is 22.9 Å². The largest absolute Gasteiger partial charge is 0.504 e. The fourth-order valence-corrected chi connectivity index (χ4v) is 1.88. The third-order valence-electron chi connectivity index (χ3n) is 2.87. The predicted molar refractivity (Wildman–Crippen MR) is 72.2 cm³/mol. The molecule has 6 heteroatoms. The number of H-pyrrole nitrogens is 1. The Morgan fingerprint density at radius 1 is 1.11 bits per heavy atom. The molecule has 0 radical (unpaired) electrons. The van der Waals surface area contributed by atoms with Crippen molar-refractivity contribution < 1.29 is 10.2 Å². The van der Waals surface area contributed by atoms with Crippen molar-refractivity contribution in [3.8, 4) is 22.9 Å². The second kappa shape index (κ2) is 4.16. The second-order valence-electron chi connectivity index (χ2n) is 4.08. The van der Waals surface area contributed by atoms with E-state index in [0.717, 1.165) is 5.52 Å². The lowest BCUT2D eigenvalue weighted by Crippen LogP contribution is -1.91. The molecule has 0 aliphatic rings. The highest BCUT2D eigenvalue weighted by atomic mass is 16.3. The summed E-state index contributed by atoms with van der Waals surface area (Å²) in [5, 5.41) is 22.3. The number of anilines is 1. The molecule has 1 aromatic carbocycles. The molecule has 3 rings (SSSR count). The molecule has 2 aromatic heterocycles. The first-order valence-corrected chi connectivity index (χ1v) is 5.75. The van der Waals surface area contributed by atoms with Crippen LogP contribution in [0.2, 0.25) is 0 Å². The average Bonchev–Trinajstić information content (AvgIpc) is 2.84. The van der Waals surface area contributed by atoms with Gasteiger partial charge in [0.25, 0.3) is 0 Å². The topological polar surface area (TPSA) is 94.1 Å². The van der Waals surface area contributed by atoms with Crippen molar-refractivity contribution in [1.29, 1.82) is 0 Å². The maximum atomic E-state index is 9.83. The molecule has 0 bridgehead atoms. The van der Waals surface area contributed by atoms with Crippen LogP contribution in [0.5, 0.6) is 11.5 Å². The zero-order chi connectivity index (χ0) is 13.4. The van der Waals surface area contributed by atoms with Crippen molar-refractivity contribution >= 4 is 17.0 Å². The van der Waals surface area contributed by atoms with Crippen LogP contribution in [0.25, 0.3) is 22.6 Å². The number of hydrogen-bond acceptors (Lipinski definition) is 5. The van der Waals surface area contributed by atoms with Gasteiger partial charge in [0, 0.05) is 7.05 Å². The van der Waals surface area contributed by atoms with Gasteiger partial charge in [0.15, 0.2) is 17.1 Å². The highest BCUT2D eigenvalue weighted by Gasteiger charge is 2.12. The molecule has 0 aliphatic heterocycles. The monoisotopic (exact) mass is 256 g/mol. The Morgan fingerprint density at radius 2 is 1.95 bits per heavy atom. The number of aromatic hydroxyl groups is 2. The third-order valence-corrected chi connectivity index (χ3v) is 2.87. The van der Waals surface area contributed by atoms with Gasteiger partial charge in [-0.2, -0.15) is 0 Å². The number of imidazole rings is 1. The quantitative estimate of drug-likeness (QED) is 0.527. The van der Waals surface area contributed by atoms with Crippen LogP contribution in [-0.2, 0) is 0 Å². The number of nitrogens with zero attached hydrogens (tertiary/aromatic N) is 2. The highest BCUT2D eigenvalue weighted by molar-refractivity contribution is 5.79. The van der Waals surface area contributed by atoms with Gasteiger partial charge in [-0.05, 0) is 24.3 Å². The zero-order valence-corrected chi connectivity index (χ0v) is 10.2. The number of phenolic OH excluding ortho intramolecular Hbond substituents is 2. The van der Waals surface area contributed by atoms with Crippen LogP contribution in [-0.4, -0.2) is 32.2 Å². The van der Waals surface area contributed by atoms with E-state index in [-0.39, 0.29) is 11.5 Å². The molecule has 2 heterocycles. The molecule has 0 saturated carbocycles.